The molecule has 1 heterocycles. The number of aromatic nitrogens is 1. The molecule has 0 bridgehead atoms. The Kier molecular flexibility index (Phi) is 4.06. The summed E-state index contributed by atoms with van der Waals surface area (Å²) in [7, 11) is 0. The molecule has 0 saturated carbocycles. The van der Waals surface area contributed by atoms with Gasteiger partial charge >= 0.3 is 6.36 Å². The number of halogens is 3. The maximum absolute atomic E-state index is 12.2. The Labute approximate surface area is 107 Å². The largest absolute Gasteiger partial charge is 0.573 e. The van der Waals surface area contributed by atoms with E-state index in [9.17, 15) is 13.2 Å². The monoisotopic (exact) mass is 272 g/mol. The van der Waals surface area contributed by atoms with Gasteiger partial charge in [-0.05, 0) is 6.07 Å². The first-order valence-electron chi connectivity index (χ1n) is 5.46. The number of rotatable bonds is 5. The van der Waals surface area contributed by atoms with Gasteiger partial charge in [-0.1, -0.05) is 18.2 Å². The number of hydrogen-bond donors (Lipinski definition) is 1. The molecule has 0 atom stereocenters. The summed E-state index contributed by atoms with van der Waals surface area (Å²) >= 11 is 0. The van der Waals surface area contributed by atoms with Crippen molar-refractivity contribution in [2.24, 2.45) is 0 Å². The number of alkyl halides is 3. The SMILES string of the molecule is FC(F)(F)Oc1ccccc1CNCc1cocn1. The van der Waals surface area contributed by atoms with E-state index in [1.807, 2.05) is 0 Å². The molecule has 0 radical (unpaired) electrons. The molecule has 2 aromatic rings. The molecule has 0 aliphatic heterocycles. The van der Waals surface area contributed by atoms with Gasteiger partial charge in [0.1, 0.15) is 12.0 Å². The van der Waals surface area contributed by atoms with Gasteiger partial charge in [-0.3, -0.25) is 0 Å². The lowest BCUT2D eigenvalue weighted by atomic mass is 10.2. The van der Waals surface area contributed by atoms with Crippen molar-refractivity contribution in [2.75, 3.05) is 0 Å². The zero-order chi connectivity index (χ0) is 13.7. The molecule has 7 heteroatoms. The predicted octanol–water partition coefficient (Wildman–Crippen LogP) is 2.86. The molecule has 1 N–H and O–H groups in total. The summed E-state index contributed by atoms with van der Waals surface area (Å²) in [6.45, 7) is 0.635. The molecular weight excluding hydrogens is 261 g/mol. The second-order valence-corrected chi connectivity index (χ2v) is 3.74. The average Bonchev–Trinajstić information content (AvgIpc) is 2.82. The van der Waals surface area contributed by atoms with E-state index in [1.165, 1.54) is 24.8 Å². The Morgan fingerprint density at radius 3 is 2.68 bits per heavy atom. The molecule has 1 aromatic heterocycles. The Morgan fingerprint density at radius 1 is 1.21 bits per heavy atom. The van der Waals surface area contributed by atoms with E-state index in [0.717, 1.165) is 0 Å². The van der Waals surface area contributed by atoms with Crippen LogP contribution in [0, 0.1) is 0 Å². The van der Waals surface area contributed by atoms with Gasteiger partial charge in [-0.2, -0.15) is 0 Å². The first-order chi connectivity index (χ1) is 9.04. The standard InChI is InChI=1S/C12H11F3N2O2/c13-12(14,15)19-11-4-2-1-3-9(11)5-16-6-10-7-18-8-17-10/h1-4,7-8,16H,5-6H2. The van der Waals surface area contributed by atoms with Gasteiger partial charge in [0, 0.05) is 18.7 Å². The minimum atomic E-state index is -4.69. The van der Waals surface area contributed by atoms with Crippen molar-refractivity contribution in [2.45, 2.75) is 19.5 Å². The molecule has 102 valence electrons. The van der Waals surface area contributed by atoms with Crippen LogP contribution in [0.1, 0.15) is 11.3 Å². The van der Waals surface area contributed by atoms with Crippen LogP contribution in [0.2, 0.25) is 0 Å². The molecule has 0 aliphatic rings. The van der Waals surface area contributed by atoms with Crippen molar-refractivity contribution >= 4 is 0 Å². The molecule has 4 nitrogen and oxygen atoms in total. The smallest absolute Gasteiger partial charge is 0.451 e. The first-order valence-corrected chi connectivity index (χ1v) is 5.46. The third kappa shape index (κ3) is 4.29. The second kappa shape index (κ2) is 5.75. The zero-order valence-corrected chi connectivity index (χ0v) is 9.78. The van der Waals surface area contributed by atoms with Crippen molar-refractivity contribution in [1.82, 2.24) is 10.3 Å². The highest BCUT2D eigenvalue weighted by Gasteiger charge is 2.31. The van der Waals surface area contributed by atoms with Crippen LogP contribution in [0.5, 0.6) is 5.75 Å². The summed E-state index contributed by atoms with van der Waals surface area (Å²) in [6, 6.07) is 5.98. The molecule has 0 aliphatic carbocycles. The molecule has 19 heavy (non-hydrogen) atoms. The van der Waals surface area contributed by atoms with E-state index in [4.69, 9.17) is 4.42 Å². The molecule has 0 saturated heterocycles. The van der Waals surface area contributed by atoms with Gasteiger partial charge in [0.25, 0.3) is 0 Å². The van der Waals surface area contributed by atoms with Gasteiger partial charge in [0.2, 0.25) is 0 Å². The second-order valence-electron chi connectivity index (χ2n) is 3.74. The summed E-state index contributed by atoms with van der Waals surface area (Å²) in [5.74, 6) is -0.206. The summed E-state index contributed by atoms with van der Waals surface area (Å²) in [5.41, 5.74) is 1.09. The first kappa shape index (κ1) is 13.4. The average molecular weight is 272 g/mol. The predicted molar refractivity (Wildman–Crippen MR) is 60.2 cm³/mol. The van der Waals surface area contributed by atoms with Crippen LogP contribution < -0.4 is 10.1 Å². The highest BCUT2D eigenvalue weighted by Crippen LogP contribution is 2.26. The normalized spacial score (nSPS) is 11.5. The number of nitrogens with zero attached hydrogens (tertiary/aromatic N) is 1. The molecular formula is C12H11F3N2O2. The van der Waals surface area contributed by atoms with Gasteiger partial charge in [0.15, 0.2) is 6.39 Å². The molecule has 0 unspecified atom stereocenters. The Balaban J connectivity index is 1.96. The molecule has 0 spiro atoms. The van der Waals surface area contributed by atoms with Crippen LogP contribution in [0.3, 0.4) is 0 Å². The fourth-order valence-electron chi connectivity index (χ4n) is 1.52. The van der Waals surface area contributed by atoms with Crippen LogP contribution in [0.4, 0.5) is 13.2 Å². The lowest BCUT2D eigenvalue weighted by Gasteiger charge is -2.13. The molecule has 2 rings (SSSR count). The molecule has 1 aromatic carbocycles. The molecule has 0 fully saturated rings. The van der Waals surface area contributed by atoms with Crippen molar-refractivity contribution in [3.05, 3.63) is 48.2 Å². The van der Waals surface area contributed by atoms with Crippen molar-refractivity contribution in [3.63, 3.8) is 0 Å². The Bertz CT molecular complexity index is 512. The molecule has 0 amide bonds. The third-order valence-corrected chi connectivity index (χ3v) is 2.30. The van der Waals surface area contributed by atoms with Crippen molar-refractivity contribution in [1.29, 1.82) is 0 Å². The Morgan fingerprint density at radius 2 is 2.00 bits per heavy atom. The third-order valence-electron chi connectivity index (χ3n) is 2.30. The van der Waals surface area contributed by atoms with Crippen LogP contribution >= 0.6 is 0 Å². The number of benzene rings is 1. The lowest BCUT2D eigenvalue weighted by molar-refractivity contribution is -0.274. The zero-order valence-electron chi connectivity index (χ0n) is 9.78. The number of ether oxygens (including phenoxy) is 1. The van der Waals surface area contributed by atoms with Crippen LogP contribution in [-0.4, -0.2) is 11.3 Å². The van der Waals surface area contributed by atoms with E-state index < -0.39 is 6.36 Å². The van der Waals surface area contributed by atoms with Gasteiger partial charge < -0.3 is 14.5 Å². The highest BCUT2D eigenvalue weighted by atomic mass is 19.4. The Hall–Kier alpha value is -2.02. The summed E-state index contributed by atoms with van der Waals surface area (Å²) in [5, 5.41) is 2.96. The van der Waals surface area contributed by atoms with Gasteiger partial charge in [-0.15, -0.1) is 13.2 Å². The minimum Gasteiger partial charge on any atom is -0.451 e. The van der Waals surface area contributed by atoms with Crippen LogP contribution in [0.25, 0.3) is 0 Å². The fourth-order valence-corrected chi connectivity index (χ4v) is 1.52. The van der Waals surface area contributed by atoms with Crippen LogP contribution in [0.15, 0.2) is 41.3 Å². The fraction of sp³-hybridized carbons (Fsp3) is 0.250. The van der Waals surface area contributed by atoms with E-state index in [1.54, 1.807) is 12.1 Å². The lowest BCUT2D eigenvalue weighted by Crippen LogP contribution is -2.20. The number of hydrogen-bond acceptors (Lipinski definition) is 4. The summed E-state index contributed by atoms with van der Waals surface area (Å²) in [4.78, 5) is 3.89. The minimum absolute atomic E-state index is 0.206. The number of para-hydroxylation sites is 1. The highest BCUT2D eigenvalue weighted by molar-refractivity contribution is 5.33. The van der Waals surface area contributed by atoms with Crippen molar-refractivity contribution in [3.8, 4) is 5.75 Å². The summed E-state index contributed by atoms with van der Waals surface area (Å²) in [6.07, 6.45) is -1.94. The van der Waals surface area contributed by atoms with Gasteiger partial charge in [0.05, 0.1) is 5.69 Å². The summed E-state index contributed by atoms with van der Waals surface area (Å²) < 4.78 is 45.3. The quantitative estimate of drug-likeness (QED) is 0.909. The number of oxazole rings is 1. The van der Waals surface area contributed by atoms with E-state index in [0.29, 0.717) is 17.8 Å². The van der Waals surface area contributed by atoms with E-state index in [2.05, 4.69) is 15.0 Å². The van der Waals surface area contributed by atoms with Crippen LogP contribution in [-0.2, 0) is 13.1 Å². The van der Waals surface area contributed by atoms with E-state index >= 15 is 0 Å². The van der Waals surface area contributed by atoms with E-state index in [-0.39, 0.29) is 12.3 Å². The number of nitrogens with one attached hydrogen (secondary N) is 1. The van der Waals surface area contributed by atoms with Crippen molar-refractivity contribution < 1.29 is 22.3 Å². The maximum Gasteiger partial charge on any atom is 0.573 e. The van der Waals surface area contributed by atoms with Gasteiger partial charge in [-0.25, -0.2) is 4.98 Å². The maximum atomic E-state index is 12.2. The topological polar surface area (TPSA) is 47.3 Å².